The molecule has 1 saturated heterocycles. The molecule has 1 aliphatic rings. The van der Waals surface area contributed by atoms with Crippen molar-refractivity contribution in [2.24, 2.45) is 0 Å². The van der Waals surface area contributed by atoms with Crippen molar-refractivity contribution in [2.75, 3.05) is 6.54 Å². The Bertz CT molecular complexity index is 184. The second kappa shape index (κ2) is 2.72. The van der Waals surface area contributed by atoms with E-state index in [4.69, 9.17) is 23.8 Å². The topological polar surface area (TPSA) is 32.3 Å². The van der Waals surface area contributed by atoms with Gasteiger partial charge in [-0.1, -0.05) is 0 Å². The molecule has 0 aromatic carbocycles. The fourth-order valence-electron chi connectivity index (χ4n) is 0.843. The second-order valence-electron chi connectivity index (χ2n) is 2.21. The van der Waals surface area contributed by atoms with E-state index in [2.05, 4.69) is 5.32 Å². The Labute approximate surface area is 69.3 Å². The van der Waals surface area contributed by atoms with Crippen LogP contribution in [0.4, 0.5) is 4.79 Å². The molecule has 56 valence electrons. The molecule has 0 aliphatic carbocycles. The summed E-state index contributed by atoms with van der Waals surface area (Å²) in [6.45, 7) is 2.51. The van der Waals surface area contributed by atoms with Crippen LogP contribution in [0.5, 0.6) is 0 Å². The molecule has 1 unspecified atom stereocenters. The Kier molecular flexibility index (Phi) is 2.11. The zero-order valence-corrected chi connectivity index (χ0v) is 7.00. The molecule has 1 N–H and O–H groups in total. The van der Waals surface area contributed by atoms with Crippen molar-refractivity contribution in [2.45, 2.75) is 13.0 Å². The lowest BCUT2D eigenvalue weighted by Crippen LogP contribution is -2.29. The third-order valence-corrected chi connectivity index (χ3v) is 1.83. The predicted molar refractivity (Wildman–Crippen MR) is 43.2 cm³/mol. The highest BCUT2D eigenvalue weighted by atomic mass is 35.5. The van der Waals surface area contributed by atoms with Crippen LogP contribution >= 0.6 is 23.8 Å². The summed E-state index contributed by atoms with van der Waals surface area (Å²) in [7, 11) is 0. The molecule has 1 atom stereocenters. The van der Waals surface area contributed by atoms with Crippen molar-refractivity contribution in [3.05, 3.63) is 0 Å². The van der Waals surface area contributed by atoms with Crippen LogP contribution in [0.1, 0.15) is 6.92 Å². The van der Waals surface area contributed by atoms with Gasteiger partial charge in [0.2, 0.25) is 0 Å². The van der Waals surface area contributed by atoms with E-state index >= 15 is 0 Å². The zero-order chi connectivity index (χ0) is 7.72. The van der Waals surface area contributed by atoms with E-state index in [0.29, 0.717) is 11.7 Å². The SMILES string of the molecule is CC1CN(C(=O)Cl)C(=S)N1. The summed E-state index contributed by atoms with van der Waals surface area (Å²) in [5.74, 6) is 0. The highest BCUT2D eigenvalue weighted by Crippen LogP contribution is 2.06. The second-order valence-corrected chi connectivity index (χ2v) is 2.92. The summed E-state index contributed by atoms with van der Waals surface area (Å²) in [5, 5.41) is 2.81. The van der Waals surface area contributed by atoms with Gasteiger partial charge in [-0.3, -0.25) is 9.69 Å². The lowest BCUT2D eigenvalue weighted by atomic mass is 10.4. The normalized spacial score (nSPS) is 24.8. The highest BCUT2D eigenvalue weighted by molar-refractivity contribution is 7.80. The number of nitrogens with one attached hydrogen (secondary N) is 1. The van der Waals surface area contributed by atoms with Crippen LogP contribution in [-0.2, 0) is 0 Å². The quantitative estimate of drug-likeness (QED) is 0.340. The van der Waals surface area contributed by atoms with Crippen molar-refractivity contribution in [1.29, 1.82) is 0 Å². The number of amides is 1. The molecule has 1 aliphatic heterocycles. The molecule has 0 aromatic rings. The van der Waals surface area contributed by atoms with Crippen molar-refractivity contribution in [3.8, 4) is 0 Å². The molecule has 0 aromatic heterocycles. The van der Waals surface area contributed by atoms with E-state index in [-0.39, 0.29) is 6.04 Å². The predicted octanol–water partition coefficient (Wildman–Crippen LogP) is 0.924. The number of hydrogen-bond acceptors (Lipinski definition) is 2. The molecule has 0 spiro atoms. The molecular weight excluding hydrogens is 172 g/mol. The minimum absolute atomic E-state index is 0.218. The van der Waals surface area contributed by atoms with Gasteiger partial charge in [0.25, 0.3) is 0 Å². The van der Waals surface area contributed by atoms with Gasteiger partial charge in [-0.25, -0.2) is 0 Å². The van der Waals surface area contributed by atoms with E-state index < -0.39 is 5.37 Å². The van der Waals surface area contributed by atoms with E-state index in [0.717, 1.165) is 0 Å². The standard InChI is InChI=1S/C5H7ClN2OS/c1-3-2-8(4(6)9)5(10)7-3/h3H,2H2,1H3,(H,7,10). The van der Waals surface area contributed by atoms with Crippen LogP contribution < -0.4 is 5.32 Å². The highest BCUT2D eigenvalue weighted by Gasteiger charge is 2.26. The van der Waals surface area contributed by atoms with Gasteiger partial charge in [-0.05, 0) is 30.7 Å². The first kappa shape index (κ1) is 7.75. The number of hydrogen-bond donors (Lipinski definition) is 1. The Morgan fingerprint density at radius 2 is 2.60 bits per heavy atom. The third-order valence-electron chi connectivity index (χ3n) is 1.28. The Hall–Kier alpha value is -0.350. The summed E-state index contributed by atoms with van der Waals surface area (Å²) in [6, 6.07) is 0.218. The Morgan fingerprint density at radius 3 is 2.80 bits per heavy atom. The van der Waals surface area contributed by atoms with Crippen LogP contribution in [0.25, 0.3) is 0 Å². The number of carbonyl (C=O) groups excluding carboxylic acids is 1. The van der Waals surface area contributed by atoms with Crippen LogP contribution in [0.3, 0.4) is 0 Å². The smallest absolute Gasteiger partial charge is 0.322 e. The number of carbonyl (C=O) groups is 1. The molecule has 3 nitrogen and oxygen atoms in total. The number of nitrogens with zero attached hydrogens (tertiary/aromatic N) is 1. The monoisotopic (exact) mass is 178 g/mol. The van der Waals surface area contributed by atoms with E-state index in [1.165, 1.54) is 4.90 Å². The van der Waals surface area contributed by atoms with Crippen molar-refractivity contribution < 1.29 is 4.79 Å². The molecule has 0 bridgehead atoms. The Morgan fingerprint density at radius 1 is 2.00 bits per heavy atom. The van der Waals surface area contributed by atoms with Gasteiger partial charge in [0, 0.05) is 12.6 Å². The number of halogens is 1. The third kappa shape index (κ3) is 1.38. The minimum atomic E-state index is -0.512. The van der Waals surface area contributed by atoms with Crippen LogP contribution in [-0.4, -0.2) is 28.0 Å². The zero-order valence-electron chi connectivity index (χ0n) is 5.43. The van der Waals surface area contributed by atoms with Gasteiger partial charge in [-0.15, -0.1) is 0 Å². The summed E-state index contributed by atoms with van der Waals surface area (Å²) in [6.07, 6.45) is 0. The fraction of sp³-hybridized carbons (Fsp3) is 0.600. The molecular formula is C5H7ClN2OS. The summed E-state index contributed by atoms with van der Waals surface area (Å²) >= 11 is 10.0. The first-order valence-corrected chi connectivity index (χ1v) is 3.67. The minimum Gasteiger partial charge on any atom is -0.358 e. The van der Waals surface area contributed by atoms with Gasteiger partial charge in [-0.2, -0.15) is 0 Å². The van der Waals surface area contributed by atoms with Crippen molar-refractivity contribution in [1.82, 2.24) is 10.2 Å². The van der Waals surface area contributed by atoms with E-state index in [1.54, 1.807) is 0 Å². The summed E-state index contributed by atoms with van der Waals surface area (Å²) < 4.78 is 0. The van der Waals surface area contributed by atoms with Crippen molar-refractivity contribution in [3.63, 3.8) is 0 Å². The van der Waals surface area contributed by atoms with Crippen molar-refractivity contribution >= 4 is 34.3 Å². The first-order chi connectivity index (χ1) is 4.61. The van der Waals surface area contributed by atoms with Crippen LogP contribution in [0, 0.1) is 0 Å². The number of rotatable bonds is 0. The fourth-order valence-corrected chi connectivity index (χ4v) is 1.40. The first-order valence-electron chi connectivity index (χ1n) is 2.88. The Balaban J connectivity index is 2.63. The van der Waals surface area contributed by atoms with Crippen LogP contribution in [0.2, 0.25) is 0 Å². The summed E-state index contributed by atoms with van der Waals surface area (Å²) in [5.41, 5.74) is 0. The van der Waals surface area contributed by atoms with E-state index in [9.17, 15) is 4.79 Å². The molecule has 1 fully saturated rings. The molecule has 1 amide bonds. The van der Waals surface area contributed by atoms with Gasteiger partial charge in [0.1, 0.15) is 0 Å². The maximum Gasteiger partial charge on any atom is 0.322 e. The molecule has 1 heterocycles. The van der Waals surface area contributed by atoms with Crippen LogP contribution in [0.15, 0.2) is 0 Å². The van der Waals surface area contributed by atoms with Gasteiger partial charge >= 0.3 is 5.37 Å². The lowest BCUT2D eigenvalue weighted by molar-refractivity contribution is 0.245. The molecule has 0 radical (unpaired) electrons. The van der Waals surface area contributed by atoms with Gasteiger partial charge in [0.05, 0.1) is 0 Å². The molecule has 10 heavy (non-hydrogen) atoms. The maximum atomic E-state index is 10.6. The number of thiocarbonyl (C=S) groups is 1. The van der Waals surface area contributed by atoms with Gasteiger partial charge in [0.15, 0.2) is 5.11 Å². The average molecular weight is 179 g/mol. The molecule has 1 rings (SSSR count). The lowest BCUT2D eigenvalue weighted by Gasteiger charge is -2.07. The van der Waals surface area contributed by atoms with Gasteiger partial charge < -0.3 is 5.32 Å². The maximum absolute atomic E-state index is 10.6. The van der Waals surface area contributed by atoms with E-state index in [1.807, 2.05) is 6.92 Å². The molecule has 5 heteroatoms. The average Bonchev–Trinajstić information content (AvgIpc) is 2.10. The largest absolute Gasteiger partial charge is 0.358 e. The summed E-state index contributed by atoms with van der Waals surface area (Å²) in [4.78, 5) is 11.9. The molecule has 0 saturated carbocycles.